The summed E-state index contributed by atoms with van der Waals surface area (Å²) in [5.41, 5.74) is 2.15. The summed E-state index contributed by atoms with van der Waals surface area (Å²) in [5, 5.41) is 0. The molecule has 0 atom stereocenters. The first-order valence-electron chi connectivity index (χ1n) is 3.24. The SMILES string of the molecule is C[C@H]1C[C@@H](C(=O)NN)C1. The van der Waals surface area contributed by atoms with Crippen LogP contribution in [0, 0.1) is 11.8 Å². The molecule has 0 aromatic carbocycles. The van der Waals surface area contributed by atoms with Gasteiger partial charge in [0.2, 0.25) is 5.91 Å². The number of rotatable bonds is 1. The van der Waals surface area contributed by atoms with E-state index in [0.29, 0.717) is 5.92 Å². The van der Waals surface area contributed by atoms with Crippen molar-refractivity contribution in [2.75, 3.05) is 0 Å². The first-order valence-corrected chi connectivity index (χ1v) is 3.24. The van der Waals surface area contributed by atoms with E-state index in [1.54, 1.807) is 0 Å². The molecule has 1 aliphatic carbocycles. The van der Waals surface area contributed by atoms with Crippen LogP contribution in [0.5, 0.6) is 0 Å². The maximum atomic E-state index is 10.7. The average molecular weight is 128 g/mol. The normalized spacial score (nSPS) is 33.1. The molecule has 0 unspecified atom stereocenters. The van der Waals surface area contributed by atoms with E-state index < -0.39 is 0 Å². The van der Waals surface area contributed by atoms with E-state index in [0.717, 1.165) is 12.8 Å². The number of amides is 1. The smallest absolute Gasteiger partial charge is 0.237 e. The zero-order valence-electron chi connectivity index (χ0n) is 5.55. The van der Waals surface area contributed by atoms with Gasteiger partial charge in [0.1, 0.15) is 0 Å². The van der Waals surface area contributed by atoms with E-state index in [4.69, 9.17) is 5.84 Å². The van der Waals surface area contributed by atoms with Crippen LogP contribution < -0.4 is 11.3 Å². The summed E-state index contributed by atoms with van der Waals surface area (Å²) in [6.45, 7) is 2.14. The first kappa shape index (κ1) is 6.55. The second kappa shape index (κ2) is 2.35. The largest absolute Gasteiger partial charge is 0.294 e. The number of hydrazine groups is 1. The van der Waals surface area contributed by atoms with E-state index in [9.17, 15) is 4.79 Å². The van der Waals surface area contributed by atoms with Crippen LogP contribution in [-0.2, 0) is 4.79 Å². The summed E-state index contributed by atoms with van der Waals surface area (Å²) < 4.78 is 0. The summed E-state index contributed by atoms with van der Waals surface area (Å²) >= 11 is 0. The number of carbonyl (C=O) groups is 1. The molecular weight excluding hydrogens is 116 g/mol. The lowest BCUT2D eigenvalue weighted by atomic mass is 9.76. The highest BCUT2D eigenvalue weighted by Crippen LogP contribution is 2.32. The first-order chi connectivity index (χ1) is 4.24. The van der Waals surface area contributed by atoms with Gasteiger partial charge in [0.15, 0.2) is 0 Å². The highest BCUT2D eigenvalue weighted by molar-refractivity contribution is 5.78. The Morgan fingerprint density at radius 1 is 1.67 bits per heavy atom. The number of nitrogens with one attached hydrogen (secondary N) is 1. The molecule has 0 radical (unpaired) electrons. The molecule has 0 aliphatic heterocycles. The van der Waals surface area contributed by atoms with Crippen molar-refractivity contribution in [3.63, 3.8) is 0 Å². The van der Waals surface area contributed by atoms with Crippen LogP contribution in [0.2, 0.25) is 0 Å². The maximum absolute atomic E-state index is 10.7. The van der Waals surface area contributed by atoms with Gasteiger partial charge in [-0.15, -0.1) is 0 Å². The highest BCUT2D eigenvalue weighted by atomic mass is 16.2. The Morgan fingerprint density at radius 3 is 2.56 bits per heavy atom. The third kappa shape index (κ3) is 1.21. The Balaban J connectivity index is 2.23. The van der Waals surface area contributed by atoms with E-state index in [1.165, 1.54) is 0 Å². The van der Waals surface area contributed by atoms with Gasteiger partial charge in [-0.3, -0.25) is 10.2 Å². The molecule has 1 amide bonds. The van der Waals surface area contributed by atoms with Gasteiger partial charge in [-0.2, -0.15) is 0 Å². The predicted octanol–water partition coefficient (Wildman–Crippen LogP) is 0.0224. The molecule has 3 N–H and O–H groups in total. The van der Waals surface area contributed by atoms with Gasteiger partial charge in [0.05, 0.1) is 0 Å². The molecule has 1 saturated carbocycles. The van der Waals surface area contributed by atoms with E-state index in [-0.39, 0.29) is 11.8 Å². The standard InChI is InChI=1S/C6H12N2O/c1-4-2-5(3-4)6(9)8-7/h4-5H,2-3,7H2,1H3,(H,8,9)/t4-,5+. The molecule has 3 heteroatoms. The molecule has 0 spiro atoms. The monoisotopic (exact) mass is 128 g/mol. The van der Waals surface area contributed by atoms with Crippen molar-refractivity contribution in [2.45, 2.75) is 19.8 Å². The molecule has 0 aromatic rings. The second-order valence-corrected chi connectivity index (χ2v) is 2.78. The topological polar surface area (TPSA) is 55.1 Å². The van der Waals surface area contributed by atoms with Gasteiger partial charge < -0.3 is 0 Å². The number of hydrogen-bond donors (Lipinski definition) is 2. The number of nitrogens with two attached hydrogens (primary N) is 1. The quantitative estimate of drug-likeness (QED) is 0.297. The highest BCUT2D eigenvalue weighted by Gasteiger charge is 2.30. The molecule has 0 bridgehead atoms. The summed E-state index contributed by atoms with van der Waals surface area (Å²) in [5.74, 6) is 5.84. The molecule has 1 aliphatic rings. The Morgan fingerprint density at radius 2 is 2.22 bits per heavy atom. The summed E-state index contributed by atoms with van der Waals surface area (Å²) in [6, 6.07) is 0. The minimum atomic E-state index is -0.00639. The van der Waals surface area contributed by atoms with Crippen LogP contribution in [0.1, 0.15) is 19.8 Å². The lowest BCUT2D eigenvalue weighted by Gasteiger charge is -2.30. The Labute approximate surface area is 54.6 Å². The zero-order chi connectivity index (χ0) is 6.85. The van der Waals surface area contributed by atoms with Crippen LogP contribution in [0.25, 0.3) is 0 Å². The van der Waals surface area contributed by atoms with E-state index in [1.807, 2.05) is 0 Å². The summed E-state index contributed by atoms with van der Waals surface area (Å²) in [7, 11) is 0. The maximum Gasteiger partial charge on any atom is 0.237 e. The Bertz CT molecular complexity index is 118. The minimum Gasteiger partial charge on any atom is -0.294 e. The van der Waals surface area contributed by atoms with Crippen molar-refractivity contribution in [3.8, 4) is 0 Å². The van der Waals surface area contributed by atoms with Crippen molar-refractivity contribution < 1.29 is 4.79 Å². The van der Waals surface area contributed by atoms with E-state index >= 15 is 0 Å². The van der Waals surface area contributed by atoms with Crippen molar-refractivity contribution in [2.24, 2.45) is 17.7 Å². The van der Waals surface area contributed by atoms with Crippen molar-refractivity contribution in [1.82, 2.24) is 5.43 Å². The molecule has 3 nitrogen and oxygen atoms in total. The molecule has 1 rings (SSSR count). The van der Waals surface area contributed by atoms with Crippen LogP contribution in [0.15, 0.2) is 0 Å². The Kier molecular flexibility index (Phi) is 1.71. The van der Waals surface area contributed by atoms with Crippen LogP contribution in [0.3, 0.4) is 0 Å². The minimum absolute atomic E-state index is 0.00639. The fourth-order valence-electron chi connectivity index (χ4n) is 1.23. The molecule has 9 heavy (non-hydrogen) atoms. The Hall–Kier alpha value is -0.570. The molecule has 52 valence electrons. The number of hydrogen-bond acceptors (Lipinski definition) is 2. The lowest BCUT2D eigenvalue weighted by molar-refractivity contribution is -0.128. The molecule has 0 heterocycles. The van der Waals surface area contributed by atoms with Crippen LogP contribution in [0.4, 0.5) is 0 Å². The van der Waals surface area contributed by atoms with Gasteiger partial charge >= 0.3 is 0 Å². The molecule has 1 fully saturated rings. The molecular formula is C6H12N2O. The fourth-order valence-corrected chi connectivity index (χ4v) is 1.23. The second-order valence-electron chi connectivity index (χ2n) is 2.78. The third-order valence-corrected chi connectivity index (χ3v) is 1.89. The van der Waals surface area contributed by atoms with Crippen molar-refractivity contribution >= 4 is 5.91 Å². The summed E-state index contributed by atoms with van der Waals surface area (Å²) in [4.78, 5) is 10.7. The molecule has 0 aromatic heterocycles. The zero-order valence-corrected chi connectivity index (χ0v) is 5.55. The van der Waals surface area contributed by atoms with Crippen LogP contribution in [-0.4, -0.2) is 5.91 Å². The predicted molar refractivity (Wildman–Crippen MR) is 34.2 cm³/mol. The van der Waals surface area contributed by atoms with Gasteiger partial charge in [-0.05, 0) is 18.8 Å². The fraction of sp³-hybridized carbons (Fsp3) is 0.833. The van der Waals surface area contributed by atoms with Crippen molar-refractivity contribution in [1.29, 1.82) is 0 Å². The van der Waals surface area contributed by atoms with Gasteiger partial charge in [-0.25, -0.2) is 5.84 Å². The summed E-state index contributed by atoms with van der Waals surface area (Å²) in [6.07, 6.45) is 2.01. The molecule has 0 saturated heterocycles. The van der Waals surface area contributed by atoms with Crippen LogP contribution >= 0.6 is 0 Å². The number of carbonyl (C=O) groups excluding carboxylic acids is 1. The average Bonchev–Trinajstić information content (AvgIpc) is 1.79. The van der Waals surface area contributed by atoms with E-state index in [2.05, 4.69) is 12.3 Å². The van der Waals surface area contributed by atoms with Gasteiger partial charge in [0.25, 0.3) is 0 Å². The van der Waals surface area contributed by atoms with Crippen molar-refractivity contribution in [3.05, 3.63) is 0 Å². The van der Waals surface area contributed by atoms with Gasteiger partial charge in [-0.1, -0.05) is 6.92 Å². The third-order valence-electron chi connectivity index (χ3n) is 1.89. The van der Waals surface area contributed by atoms with Gasteiger partial charge in [0, 0.05) is 5.92 Å². The lowest BCUT2D eigenvalue weighted by Crippen LogP contribution is -2.41.